The number of aromatic nitrogens is 2. The number of sulfonamides is 1. The van der Waals surface area contributed by atoms with Crippen LogP contribution in [0.2, 0.25) is 0 Å². The van der Waals surface area contributed by atoms with Gasteiger partial charge in [-0.3, -0.25) is 0 Å². The first-order chi connectivity index (χ1) is 9.18. The molecule has 0 aliphatic heterocycles. The van der Waals surface area contributed by atoms with Crippen molar-refractivity contribution in [2.75, 3.05) is 23.9 Å². The van der Waals surface area contributed by atoms with Gasteiger partial charge >= 0.3 is 0 Å². The number of benzene rings is 1. The van der Waals surface area contributed by atoms with Gasteiger partial charge in [0.05, 0.1) is 17.6 Å². The number of rotatable bonds is 5. The summed E-state index contributed by atoms with van der Waals surface area (Å²) in [6.07, 6.45) is 1.12. The van der Waals surface area contributed by atoms with Crippen molar-refractivity contribution in [3.05, 3.63) is 12.1 Å². The van der Waals surface area contributed by atoms with E-state index in [0.717, 1.165) is 6.26 Å². The minimum Gasteiger partial charge on any atom is -0.397 e. The van der Waals surface area contributed by atoms with Crippen LogP contribution in [0, 0.1) is 0 Å². The van der Waals surface area contributed by atoms with E-state index in [2.05, 4.69) is 25.0 Å². The predicted octanol–water partition coefficient (Wildman–Crippen LogP) is 0.545. The molecule has 0 aliphatic rings. The molecule has 0 bridgehead atoms. The number of nitrogen functional groups attached to an aromatic ring is 1. The fraction of sp³-hybridized carbons (Fsp3) is 0.455. The Morgan fingerprint density at radius 3 is 2.60 bits per heavy atom. The van der Waals surface area contributed by atoms with Crippen LogP contribution in [-0.2, 0) is 10.0 Å². The minimum absolute atomic E-state index is 0.367. The second-order valence-electron chi connectivity index (χ2n) is 5.28. The van der Waals surface area contributed by atoms with E-state index in [0.29, 0.717) is 29.0 Å². The highest BCUT2D eigenvalue weighted by Gasteiger charge is 2.22. The Hall–Kier alpha value is -1.87. The molecule has 0 aliphatic carbocycles. The maximum atomic E-state index is 11.3. The summed E-state index contributed by atoms with van der Waals surface area (Å²) >= 11 is 0. The summed E-state index contributed by atoms with van der Waals surface area (Å²) in [6.45, 7) is 3.92. The summed E-state index contributed by atoms with van der Waals surface area (Å²) in [5.41, 5.74) is 7.24. The van der Waals surface area contributed by atoms with Gasteiger partial charge in [-0.05, 0) is 36.3 Å². The molecule has 20 heavy (non-hydrogen) atoms. The molecule has 0 spiro atoms. The van der Waals surface area contributed by atoms with Gasteiger partial charge in [-0.2, -0.15) is 0 Å². The molecule has 4 N–H and O–H groups in total. The zero-order valence-electron chi connectivity index (χ0n) is 11.5. The maximum absolute atomic E-state index is 11.3. The van der Waals surface area contributed by atoms with E-state index in [1.165, 1.54) is 0 Å². The van der Waals surface area contributed by atoms with Gasteiger partial charge < -0.3 is 11.1 Å². The molecule has 0 atom stereocenters. The third-order valence-corrected chi connectivity index (χ3v) is 3.55. The lowest BCUT2D eigenvalue weighted by molar-refractivity contribution is 0.315. The van der Waals surface area contributed by atoms with Crippen LogP contribution in [-0.4, -0.2) is 37.1 Å². The number of fused-ring (bicyclic) bond motifs is 1. The van der Waals surface area contributed by atoms with Gasteiger partial charge in [0, 0.05) is 12.1 Å². The molecule has 0 radical (unpaired) electrons. The van der Waals surface area contributed by atoms with E-state index in [4.69, 9.17) is 5.73 Å². The number of hydrogen-bond acceptors (Lipinski definition) is 7. The number of hydrogen-bond donors (Lipinski definition) is 3. The molecule has 0 amide bonds. The van der Waals surface area contributed by atoms with Crippen molar-refractivity contribution in [2.24, 2.45) is 0 Å². The Kier molecular flexibility index (Phi) is 3.57. The highest BCUT2D eigenvalue weighted by atomic mass is 32.2. The molecule has 0 fully saturated rings. The molecule has 9 heteroatoms. The number of nitrogens with two attached hydrogens (primary N) is 1. The van der Waals surface area contributed by atoms with Crippen LogP contribution in [0.4, 0.5) is 11.4 Å². The van der Waals surface area contributed by atoms with Gasteiger partial charge in [0.1, 0.15) is 0 Å². The van der Waals surface area contributed by atoms with Gasteiger partial charge in [-0.1, -0.05) is 0 Å². The van der Waals surface area contributed by atoms with Crippen molar-refractivity contribution >= 4 is 32.4 Å². The van der Waals surface area contributed by atoms with Crippen LogP contribution in [0.1, 0.15) is 13.8 Å². The third kappa shape index (κ3) is 3.36. The van der Waals surface area contributed by atoms with E-state index in [1.54, 1.807) is 26.0 Å². The van der Waals surface area contributed by atoms with Crippen LogP contribution in [0.5, 0.6) is 0 Å². The zero-order valence-corrected chi connectivity index (χ0v) is 12.3. The molecule has 110 valence electrons. The molecule has 1 aromatic carbocycles. The van der Waals surface area contributed by atoms with Gasteiger partial charge in [-0.25, -0.2) is 17.8 Å². The fourth-order valence-corrected chi connectivity index (χ4v) is 2.96. The van der Waals surface area contributed by atoms with Crippen molar-refractivity contribution in [1.82, 2.24) is 15.0 Å². The van der Waals surface area contributed by atoms with E-state index in [9.17, 15) is 8.42 Å². The normalized spacial score (nSPS) is 12.8. The Morgan fingerprint density at radius 2 is 1.95 bits per heavy atom. The lowest BCUT2D eigenvalue weighted by atomic mass is 10.1. The van der Waals surface area contributed by atoms with E-state index in [-0.39, 0.29) is 0 Å². The largest absolute Gasteiger partial charge is 0.397 e. The standard InChI is InChI=1S/C11H17N5O3S/c1-11(2,16-20(3,17)18)6-13-8-5-4-7(12)9-10(8)15-19-14-9/h4-5,13,16H,6,12H2,1-3H3. The quantitative estimate of drug-likeness (QED) is 0.688. The Balaban J connectivity index is 2.17. The molecular weight excluding hydrogens is 282 g/mol. The Morgan fingerprint density at radius 1 is 1.30 bits per heavy atom. The number of anilines is 2. The van der Waals surface area contributed by atoms with E-state index >= 15 is 0 Å². The van der Waals surface area contributed by atoms with Crippen molar-refractivity contribution < 1.29 is 13.0 Å². The van der Waals surface area contributed by atoms with Crippen LogP contribution in [0.15, 0.2) is 16.8 Å². The molecule has 2 rings (SSSR count). The summed E-state index contributed by atoms with van der Waals surface area (Å²) in [7, 11) is -3.28. The number of nitrogens with zero attached hydrogens (tertiary/aromatic N) is 2. The third-order valence-electron chi connectivity index (χ3n) is 2.63. The van der Waals surface area contributed by atoms with Crippen molar-refractivity contribution in [3.63, 3.8) is 0 Å². The van der Waals surface area contributed by atoms with E-state index in [1.807, 2.05) is 0 Å². The van der Waals surface area contributed by atoms with Crippen LogP contribution >= 0.6 is 0 Å². The molecule has 1 heterocycles. The SMILES string of the molecule is CC(C)(CNc1ccc(N)c2nonc12)NS(C)(=O)=O. The lowest BCUT2D eigenvalue weighted by Gasteiger charge is -2.25. The van der Waals surface area contributed by atoms with Crippen LogP contribution in [0.3, 0.4) is 0 Å². The monoisotopic (exact) mass is 299 g/mol. The molecular formula is C11H17N5O3S. The van der Waals surface area contributed by atoms with E-state index < -0.39 is 15.6 Å². The second-order valence-corrected chi connectivity index (χ2v) is 7.02. The van der Waals surface area contributed by atoms with Crippen molar-refractivity contribution in [3.8, 4) is 0 Å². The summed E-state index contributed by atoms with van der Waals surface area (Å²) < 4.78 is 29.8. The molecule has 0 saturated heterocycles. The zero-order chi connectivity index (χ0) is 15.0. The van der Waals surface area contributed by atoms with Gasteiger partial charge in [-0.15, -0.1) is 0 Å². The first-order valence-electron chi connectivity index (χ1n) is 5.91. The topological polar surface area (TPSA) is 123 Å². The minimum atomic E-state index is -3.28. The average molecular weight is 299 g/mol. The van der Waals surface area contributed by atoms with Crippen molar-refractivity contribution in [1.29, 1.82) is 0 Å². The first-order valence-corrected chi connectivity index (χ1v) is 7.81. The second kappa shape index (κ2) is 4.91. The molecule has 2 aromatic rings. The first kappa shape index (κ1) is 14.5. The van der Waals surface area contributed by atoms with Gasteiger partial charge in [0.2, 0.25) is 10.0 Å². The Bertz CT molecular complexity index is 723. The highest BCUT2D eigenvalue weighted by molar-refractivity contribution is 7.88. The lowest BCUT2D eigenvalue weighted by Crippen LogP contribution is -2.47. The summed E-state index contributed by atoms with van der Waals surface area (Å²) in [5.74, 6) is 0. The fourth-order valence-electron chi connectivity index (χ4n) is 1.88. The molecule has 0 unspecified atom stereocenters. The Labute approximate surface area is 116 Å². The van der Waals surface area contributed by atoms with Gasteiger partial charge in [0.25, 0.3) is 0 Å². The maximum Gasteiger partial charge on any atom is 0.209 e. The van der Waals surface area contributed by atoms with Gasteiger partial charge in [0.15, 0.2) is 11.0 Å². The molecule has 1 aromatic heterocycles. The van der Waals surface area contributed by atoms with Crippen molar-refractivity contribution in [2.45, 2.75) is 19.4 Å². The summed E-state index contributed by atoms with van der Waals surface area (Å²) in [5, 5.41) is 10.6. The van der Waals surface area contributed by atoms with Crippen LogP contribution in [0.25, 0.3) is 11.0 Å². The predicted molar refractivity (Wildman–Crippen MR) is 76.8 cm³/mol. The highest BCUT2D eigenvalue weighted by Crippen LogP contribution is 2.25. The van der Waals surface area contributed by atoms with Crippen LogP contribution < -0.4 is 15.8 Å². The summed E-state index contributed by atoms with van der Waals surface area (Å²) in [6, 6.07) is 3.43. The molecule has 0 saturated carbocycles. The summed E-state index contributed by atoms with van der Waals surface area (Å²) in [4.78, 5) is 0. The molecule has 8 nitrogen and oxygen atoms in total. The number of nitrogens with one attached hydrogen (secondary N) is 2. The average Bonchev–Trinajstić information content (AvgIpc) is 2.74. The smallest absolute Gasteiger partial charge is 0.209 e.